The fourth-order valence-corrected chi connectivity index (χ4v) is 8.11. The lowest BCUT2D eigenvalue weighted by Gasteiger charge is -2.12. The lowest BCUT2D eigenvalue weighted by Crippen LogP contribution is -1.96. The Balaban J connectivity index is 1.26. The van der Waals surface area contributed by atoms with Gasteiger partial charge in [-0.1, -0.05) is 115 Å². The smallest absolute Gasteiger partial charge is 0.0651 e. The lowest BCUT2D eigenvalue weighted by atomic mass is 10.1. The van der Waals surface area contributed by atoms with Crippen molar-refractivity contribution in [3.05, 3.63) is 188 Å². The molecule has 0 fully saturated rings. The molecule has 3 nitrogen and oxygen atoms in total. The number of fused-ring (bicyclic) bond motifs is 9. The average Bonchev–Trinajstić information content (AvgIpc) is 3.86. The van der Waals surface area contributed by atoms with Crippen LogP contribution in [-0.2, 0) is 0 Å². The van der Waals surface area contributed by atoms with Gasteiger partial charge in [-0.15, -0.1) is 0 Å². The van der Waals surface area contributed by atoms with Gasteiger partial charge in [0.1, 0.15) is 0 Å². The number of rotatable bonds is 4. The maximum absolute atomic E-state index is 9.61. The van der Waals surface area contributed by atoms with Gasteiger partial charge in [0.05, 0.1) is 38.6 Å². The van der Waals surface area contributed by atoms with Gasteiger partial charge in [-0.2, -0.15) is 0 Å². The van der Waals surface area contributed by atoms with Crippen molar-refractivity contribution in [3.8, 4) is 28.2 Å². The summed E-state index contributed by atoms with van der Waals surface area (Å²) < 4.78 is 43.3. The van der Waals surface area contributed by atoms with Crippen molar-refractivity contribution in [2.45, 2.75) is 0 Å². The van der Waals surface area contributed by atoms with Gasteiger partial charge in [0.15, 0.2) is 0 Å². The third-order valence-electron chi connectivity index (χ3n) is 10.3. The minimum absolute atomic E-state index is 0.0500. The van der Waals surface area contributed by atoms with Crippen LogP contribution in [0.15, 0.2) is 188 Å². The van der Waals surface area contributed by atoms with Crippen molar-refractivity contribution < 1.29 is 5.48 Å². The van der Waals surface area contributed by atoms with Crippen LogP contribution in [0.25, 0.3) is 93.6 Å². The number of hydrogen-bond acceptors (Lipinski definition) is 0. The standard InChI is InChI=1S/C48H31N3/c1-2-13-32(14-3-1)33-15-12-16-34(29-33)49-47-27-25-35(50-43-21-8-4-17-37(43)38-18-5-9-22-44(38)50)30-41(47)42-31-36(26-28-48(42)49)51-45-23-10-6-19-39(45)40-20-7-11-24-46(40)51/h1-31H/i12D,15D,16D,29D. The van der Waals surface area contributed by atoms with Gasteiger partial charge in [0.25, 0.3) is 0 Å². The van der Waals surface area contributed by atoms with E-state index in [1.54, 1.807) is 0 Å². The van der Waals surface area contributed by atoms with E-state index < -0.39 is 0 Å². The van der Waals surface area contributed by atoms with Crippen LogP contribution >= 0.6 is 0 Å². The lowest BCUT2D eigenvalue weighted by molar-refractivity contribution is 1.16. The summed E-state index contributed by atoms with van der Waals surface area (Å²) >= 11 is 0. The molecule has 3 heterocycles. The van der Waals surface area contributed by atoms with Gasteiger partial charge in [-0.25, -0.2) is 0 Å². The summed E-state index contributed by atoms with van der Waals surface area (Å²) in [7, 11) is 0. The summed E-state index contributed by atoms with van der Waals surface area (Å²) in [6.07, 6.45) is 0. The van der Waals surface area contributed by atoms with E-state index in [1.165, 1.54) is 21.5 Å². The number of benzene rings is 8. The Morgan fingerprint density at radius 1 is 0.314 bits per heavy atom. The zero-order valence-corrected chi connectivity index (χ0v) is 27.4. The molecule has 0 bridgehead atoms. The highest BCUT2D eigenvalue weighted by Crippen LogP contribution is 2.39. The molecule has 0 N–H and O–H groups in total. The van der Waals surface area contributed by atoms with Crippen LogP contribution in [0, 0.1) is 0 Å². The molecule has 3 heteroatoms. The van der Waals surface area contributed by atoms with Crippen molar-refractivity contribution in [2.75, 3.05) is 0 Å². The molecule has 0 saturated heterocycles. The summed E-state index contributed by atoms with van der Waals surface area (Å²) in [5.74, 6) is 0. The highest BCUT2D eigenvalue weighted by molar-refractivity contribution is 6.14. The van der Waals surface area contributed by atoms with E-state index in [1.807, 2.05) is 34.9 Å². The monoisotopic (exact) mass is 653 g/mol. The summed E-state index contributed by atoms with van der Waals surface area (Å²) in [6.45, 7) is 0. The van der Waals surface area contributed by atoms with Crippen LogP contribution in [0.5, 0.6) is 0 Å². The molecule has 0 aliphatic heterocycles. The number of aromatic nitrogens is 3. The molecule has 3 aromatic heterocycles. The third-order valence-corrected chi connectivity index (χ3v) is 10.3. The molecular weight excluding hydrogens is 619 g/mol. The molecule has 0 spiro atoms. The Labute approximate surface area is 300 Å². The zero-order chi connectivity index (χ0) is 36.9. The van der Waals surface area contributed by atoms with E-state index in [2.05, 4.69) is 143 Å². The quantitative estimate of drug-likeness (QED) is 0.180. The van der Waals surface area contributed by atoms with E-state index in [0.717, 1.165) is 55.2 Å². The Hall–Kier alpha value is -6.84. The molecular formula is C48H31N3. The molecule has 0 aliphatic carbocycles. The molecule has 11 aromatic rings. The summed E-state index contributed by atoms with van der Waals surface area (Å²) in [6, 6.07) is 55.7. The van der Waals surface area contributed by atoms with Gasteiger partial charge >= 0.3 is 0 Å². The first-order valence-corrected chi connectivity index (χ1v) is 17.2. The fourth-order valence-electron chi connectivity index (χ4n) is 8.11. The molecule has 11 rings (SSSR count). The molecule has 0 unspecified atom stereocenters. The molecule has 0 radical (unpaired) electrons. The molecule has 0 amide bonds. The van der Waals surface area contributed by atoms with Crippen LogP contribution in [0.4, 0.5) is 0 Å². The van der Waals surface area contributed by atoms with Crippen LogP contribution < -0.4 is 0 Å². The maximum Gasteiger partial charge on any atom is 0.0651 e. The Morgan fingerprint density at radius 2 is 0.706 bits per heavy atom. The number of hydrogen-bond donors (Lipinski definition) is 0. The molecule has 0 saturated carbocycles. The van der Waals surface area contributed by atoms with E-state index in [9.17, 15) is 2.74 Å². The average molecular weight is 654 g/mol. The second-order valence-corrected chi connectivity index (χ2v) is 13.1. The molecule has 238 valence electrons. The van der Waals surface area contributed by atoms with Crippen LogP contribution in [0.1, 0.15) is 5.48 Å². The minimum atomic E-state index is -0.205. The Kier molecular flexibility index (Phi) is 5.16. The maximum atomic E-state index is 9.61. The van der Waals surface area contributed by atoms with Gasteiger partial charge in [-0.05, 0) is 83.9 Å². The van der Waals surface area contributed by atoms with E-state index in [-0.39, 0.29) is 29.9 Å². The normalized spacial score (nSPS) is 13.0. The summed E-state index contributed by atoms with van der Waals surface area (Å²) in [5, 5.41) is 6.63. The van der Waals surface area contributed by atoms with Crippen LogP contribution in [-0.4, -0.2) is 13.7 Å². The largest absolute Gasteiger partial charge is 0.309 e. The zero-order valence-electron chi connectivity index (χ0n) is 31.4. The van der Waals surface area contributed by atoms with Crippen molar-refractivity contribution in [2.24, 2.45) is 0 Å². The van der Waals surface area contributed by atoms with Gasteiger partial charge in [0.2, 0.25) is 0 Å². The van der Waals surface area contributed by atoms with Crippen molar-refractivity contribution >= 4 is 65.4 Å². The second-order valence-electron chi connectivity index (χ2n) is 13.1. The topological polar surface area (TPSA) is 14.8 Å². The van der Waals surface area contributed by atoms with Crippen molar-refractivity contribution in [1.82, 2.24) is 13.7 Å². The number of para-hydroxylation sites is 4. The Bertz CT molecular complexity index is 3090. The summed E-state index contributed by atoms with van der Waals surface area (Å²) in [4.78, 5) is 0. The molecule has 0 aliphatic rings. The molecule has 51 heavy (non-hydrogen) atoms. The molecule has 0 atom stereocenters. The highest BCUT2D eigenvalue weighted by atomic mass is 15.0. The van der Waals surface area contributed by atoms with E-state index in [4.69, 9.17) is 2.74 Å². The summed E-state index contributed by atoms with van der Waals surface area (Å²) in [5.41, 5.74) is 9.36. The van der Waals surface area contributed by atoms with Crippen molar-refractivity contribution in [3.63, 3.8) is 0 Å². The van der Waals surface area contributed by atoms with Crippen LogP contribution in [0.2, 0.25) is 0 Å². The van der Waals surface area contributed by atoms with E-state index >= 15 is 0 Å². The SMILES string of the molecule is [2H]c1c([2H])c(-c2ccccc2)c([2H])c(-n2c3ccc(-n4c5ccccc5c5ccccc54)cc3c3cc(-n4c5ccccc5c5ccccc54)ccc32)c1[2H]. The van der Waals surface area contributed by atoms with Crippen molar-refractivity contribution in [1.29, 1.82) is 0 Å². The van der Waals surface area contributed by atoms with Gasteiger partial charge in [-0.3, -0.25) is 0 Å². The van der Waals surface area contributed by atoms with Crippen LogP contribution in [0.3, 0.4) is 0 Å². The van der Waals surface area contributed by atoms with Gasteiger partial charge in [0, 0.05) is 49.4 Å². The third kappa shape index (κ3) is 4.12. The first-order valence-electron chi connectivity index (χ1n) is 19.2. The molecule has 8 aromatic carbocycles. The van der Waals surface area contributed by atoms with E-state index in [0.29, 0.717) is 11.1 Å². The first-order chi connectivity index (χ1) is 27.0. The minimum Gasteiger partial charge on any atom is -0.309 e. The Morgan fingerprint density at radius 3 is 1.18 bits per heavy atom. The predicted molar refractivity (Wildman–Crippen MR) is 215 cm³/mol. The predicted octanol–water partition coefficient (Wildman–Crippen LogP) is 12.6. The first kappa shape index (κ1) is 24.3. The second kappa shape index (κ2) is 10.8. The fraction of sp³-hybridized carbons (Fsp3) is 0. The number of nitrogens with zero attached hydrogens (tertiary/aromatic N) is 3. The van der Waals surface area contributed by atoms with Gasteiger partial charge < -0.3 is 13.7 Å². The highest BCUT2D eigenvalue weighted by Gasteiger charge is 2.19.